The summed E-state index contributed by atoms with van der Waals surface area (Å²) in [7, 11) is 1.69. The first-order chi connectivity index (χ1) is 6.26. The molecule has 0 heterocycles. The molecule has 4 nitrogen and oxygen atoms in total. The highest BCUT2D eigenvalue weighted by molar-refractivity contribution is 8.00. The average molecular weight is 206 g/mol. The molecule has 3 N–H and O–H groups in total. The Balaban J connectivity index is 3.60. The van der Waals surface area contributed by atoms with Crippen LogP contribution >= 0.6 is 11.8 Å². The van der Waals surface area contributed by atoms with E-state index in [9.17, 15) is 0 Å². The Morgan fingerprint density at radius 1 is 1.69 bits per heavy atom. The molecule has 0 saturated carbocycles. The topological polar surface area (TPSA) is 67.8 Å². The maximum absolute atomic E-state index is 8.46. The zero-order chi connectivity index (χ0) is 10.1. The third kappa shape index (κ3) is 5.76. The highest BCUT2D eigenvalue weighted by Gasteiger charge is 2.11. The predicted molar refractivity (Wildman–Crippen MR) is 56.4 cm³/mol. The minimum absolute atomic E-state index is 0.127. The van der Waals surface area contributed by atoms with Crippen molar-refractivity contribution >= 4 is 17.6 Å². The molecule has 0 aliphatic rings. The summed E-state index contributed by atoms with van der Waals surface area (Å²) in [5, 5.41) is 11.6. The lowest BCUT2D eigenvalue weighted by molar-refractivity contribution is 0.200. The van der Waals surface area contributed by atoms with Crippen LogP contribution in [0.5, 0.6) is 0 Å². The van der Waals surface area contributed by atoms with Gasteiger partial charge in [-0.25, -0.2) is 0 Å². The molecule has 0 aromatic rings. The number of methoxy groups -OCH3 is 1. The van der Waals surface area contributed by atoms with Crippen LogP contribution in [-0.4, -0.2) is 35.8 Å². The fraction of sp³-hybridized carbons (Fsp3) is 0.875. The normalized spacial score (nSPS) is 14.5. The van der Waals surface area contributed by atoms with Crippen LogP contribution in [0.15, 0.2) is 5.16 Å². The zero-order valence-corrected chi connectivity index (χ0v) is 9.01. The van der Waals surface area contributed by atoms with Crippen molar-refractivity contribution in [3.63, 3.8) is 0 Å². The van der Waals surface area contributed by atoms with Crippen LogP contribution in [0.25, 0.3) is 0 Å². The van der Waals surface area contributed by atoms with Crippen LogP contribution in [0.1, 0.15) is 19.8 Å². The number of hydrogen-bond acceptors (Lipinski definition) is 4. The molecule has 0 spiro atoms. The molecular weight excluding hydrogens is 188 g/mol. The molecule has 0 aliphatic heterocycles. The van der Waals surface area contributed by atoms with Gasteiger partial charge in [-0.3, -0.25) is 0 Å². The molecule has 13 heavy (non-hydrogen) atoms. The molecule has 0 rings (SSSR count). The zero-order valence-electron chi connectivity index (χ0n) is 8.19. The van der Waals surface area contributed by atoms with Gasteiger partial charge in [0.2, 0.25) is 0 Å². The second kappa shape index (κ2) is 8.19. The Bertz CT molecular complexity index is 153. The summed E-state index contributed by atoms with van der Waals surface area (Å²) in [6, 6.07) is 0. The Kier molecular flexibility index (Phi) is 7.93. The summed E-state index contributed by atoms with van der Waals surface area (Å²) in [4.78, 5) is 0. The monoisotopic (exact) mass is 206 g/mol. The van der Waals surface area contributed by atoms with E-state index in [1.165, 1.54) is 0 Å². The molecule has 0 aromatic carbocycles. The molecule has 0 saturated heterocycles. The number of nitrogens with two attached hydrogens (primary N) is 1. The van der Waals surface area contributed by atoms with Gasteiger partial charge in [-0.2, -0.15) is 11.8 Å². The van der Waals surface area contributed by atoms with Crippen molar-refractivity contribution < 1.29 is 9.94 Å². The number of thioether (sulfide) groups is 1. The van der Waals surface area contributed by atoms with Gasteiger partial charge in [0.15, 0.2) is 5.84 Å². The van der Waals surface area contributed by atoms with Crippen molar-refractivity contribution in [2.75, 3.05) is 19.5 Å². The molecule has 1 unspecified atom stereocenters. The second-order valence-electron chi connectivity index (χ2n) is 2.64. The summed E-state index contributed by atoms with van der Waals surface area (Å²) >= 11 is 1.70. The maximum Gasteiger partial charge on any atom is 0.152 e. The van der Waals surface area contributed by atoms with Gasteiger partial charge in [0.1, 0.15) is 0 Å². The van der Waals surface area contributed by atoms with Crippen molar-refractivity contribution in [2.45, 2.75) is 25.0 Å². The van der Waals surface area contributed by atoms with Gasteiger partial charge >= 0.3 is 0 Å². The minimum atomic E-state index is 0.127. The van der Waals surface area contributed by atoms with Crippen LogP contribution < -0.4 is 5.73 Å². The first-order valence-electron chi connectivity index (χ1n) is 4.34. The third-order valence-electron chi connectivity index (χ3n) is 1.63. The van der Waals surface area contributed by atoms with Crippen molar-refractivity contribution in [1.82, 2.24) is 0 Å². The van der Waals surface area contributed by atoms with E-state index < -0.39 is 0 Å². The van der Waals surface area contributed by atoms with Gasteiger partial charge in [0.25, 0.3) is 0 Å². The first-order valence-corrected chi connectivity index (χ1v) is 5.39. The molecule has 0 amide bonds. The highest BCUT2D eigenvalue weighted by atomic mass is 32.2. The van der Waals surface area contributed by atoms with Crippen LogP contribution in [0.4, 0.5) is 0 Å². The number of hydrogen-bond donors (Lipinski definition) is 2. The van der Waals surface area contributed by atoms with Crippen molar-refractivity contribution in [2.24, 2.45) is 10.9 Å². The van der Waals surface area contributed by atoms with Gasteiger partial charge in [-0.05, 0) is 18.6 Å². The van der Waals surface area contributed by atoms with Gasteiger partial charge < -0.3 is 15.7 Å². The van der Waals surface area contributed by atoms with Crippen molar-refractivity contribution in [3.05, 3.63) is 0 Å². The molecule has 0 fully saturated rings. The van der Waals surface area contributed by atoms with Crippen LogP contribution in [-0.2, 0) is 4.74 Å². The molecular formula is C8H18N2O2S. The standard InChI is InChI=1S/C8H18N2O2S/c1-3-7(8(9)10-11)13-6-4-5-12-2/h7,11H,3-6H2,1-2H3,(H2,9,10). The van der Waals surface area contributed by atoms with Crippen LogP contribution in [0, 0.1) is 0 Å². The summed E-state index contributed by atoms with van der Waals surface area (Å²) < 4.78 is 4.92. The summed E-state index contributed by atoms with van der Waals surface area (Å²) in [5.74, 6) is 1.28. The molecule has 1 atom stereocenters. The Morgan fingerprint density at radius 2 is 2.38 bits per heavy atom. The van der Waals surface area contributed by atoms with Gasteiger partial charge in [0.05, 0.1) is 5.25 Å². The quantitative estimate of drug-likeness (QED) is 0.216. The molecule has 0 aliphatic carbocycles. The van der Waals surface area contributed by atoms with E-state index in [4.69, 9.17) is 15.7 Å². The molecule has 0 bridgehead atoms. The summed E-state index contributed by atoms with van der Waals surface area (Å²) in [5.41, 5.74) is 5.49. The number of ether oxygens (including phenoxy) is 1. The van der Waals surface area contributed by atoms with Gasteiger partial charge in [0, 0.05) is 13.7 Å². The summed E-state index contributed by atoms with van der Waals surface area (Å²) in [6.45, 7) is 2.78. The highest BCUT2D eigenvalue weighted by Crippen LogP contribution is 2.15. The van der Waals surface area contributed by atoms with Gasteiger partial charge in [-0.15, -0.1) is 0 Å². The fourth-order valence-corrected chi connectivity index (χ4v) is 1.93. The average Bonchev–Trinajstić information content (AvgIpc) is 2.17. The Morgan fingerprint density at radius 3 is 2.85 bits per heavy atom. The SMILES string of the molecule is CCC(SCCCOC)C(N)=NO. The Labute approximate surface area is 83.5 Å². The smallest absolute Gasteiger partial charge is 0.152 e. The van der Waals surface area contributed by atoms with E-state index in [2.05, 4.69) is 5.16 Å². The summed E-state index contributed by atoms with van der Waals surface area (Å²) in [6.07, 6.45) is 1.88. The number of nitrogens with zero attached hydrogens (tertiary/aromatic N) is 1. The predicted octanol–water partition coefficient (Wildman–Crippen LogP) is 1.28. The largest absolute Gasteiger partial charge is 0.409 e. The third-order valence-corrected chi connectivity index (χ3v) is 3.13. The molecule has 0 radical (unpaired) electrons. The molecule has 5 heteroatoms. The van der Waals surface area contributed by atoms with Gasteiger partial charge in [-0.1, -0.05) is 12.1 Å². The fourth-order valence-electron chi connectivity index (χ4n) is 0.906. The van der Waals surface area contributed by atoms with Crippen LogP contribution in [0.2, 0.25) is 0 Å². The van der Waals surface area contributed by atoms with Crippen molar-refractivity contribution in [1.29, 1.82) is 0 Å². The number of oxime groups is 1. The lowest BCUT2D eigenvalue weighted by Gasteiger charge is -2.11. The van der Waals surface area contributed by atoms with Crippen LogP contribution in [0.3, 0.4) is 0 Å². The van der Waals surface area contributed by atoms with E-state index in [0.29, 0.717) is 5.84 Å². The molecule has 78 valence electrons. The minimum Gasteiger partial charge on any atom is -0.409 e. The molecule has 0 aromatic heterocycles. The van der Waals surface area contributed by atoms with E-state index in [-0.39, 0.29) is 5.25 Å². The van der Waals surface area contributed by atoms with E-state index in [0.717, 1.165) is 25.2 Å². The Hall–Kier alpha value is -0.420. The lowest BCUT2D eigenvalue weighted by atomic mass is 10.3. The van der Waals surface area contributed by atoms with Crippen molar-refractivity contribution in [3.8, 4) is 0 Å². The lowest BCUT2D eigenvalue weighted by Crippen LogP contribution is -2.26. The van der Waals surface area contributed by atoms with E-state index in [1.54, 1.807) is 18.9 Å². The van der Waals surface area contributed by atoms with E-state index in [1.807, 2.05) is 6.92 Å². The van der Waals surface area contributed by atoms with E-state index >= 15 is 0 Å². The number of rotatable bonds is 7. The maximum atomic E-state index is 8.46. The number of amidine groups is 1. The second-order valence-corrected chi connectivity index (χ2v) is 3.95. The first kappa shape index (κ1) is 12.6.